The fourth-order valence-electron chi connectivity index (χ4n) is 3.03. The Kier molecular flexibility index (Phi) is 5.05. The molecule has 18 heavy (non-hydrogen) atoms. The summed E-state index contributed by atoms with van der Waals surface area (Å²) >= 11 is 0. The van der Waals surface area contributed by atoms with Crippen molar-refractivity contribution in [3.05, 3.63) is 0 Å². The van der Waals surface area contributed by atoms with Crippen molar-refractivity contribution in [2.45, 2.75) is 46.1 Å². The minimum Gasteiger partial charge on any atom is -0.381 e. The quantitative estimate of drug-likeness (QED) is 0.817. The first-order valence-corrected chi connectivity index (χ1v) is 7.59. The molecule has 3 nitrogen and oxygen atoms in total. The molecule has 1 atom stereocenters. The summed E-state index contributed by atoms with van der Waals surface area (Å²) in [5, 5.41) is 3.72. The van der Waals surface area contributed by atoms with Gasteiger partial charge in [-0.25, -0.2) is 0 Å². The van der Waals surface area contributed by atoms with Gasteiger partial charge in [0.15, 0.2) is 0 Å². The highest BCUT2D eigenvalue weighted by molar-refractivity contribution is 4.86. The second-order valence-corrected chi connectivity index (χ2v) is 7.04. The minimum atomic E-state index is 0.359. The SMILES string of the molecule is CC(C)(C)C1CN(CC2CCOCC2)CCCN1. The molecule has 2 saturated heterocycles. The van der Waals surface area contributed by atoms with Crippen LogP contribution < -0.4 is 5.32 Å². The Labute approximate surface area is 112 Å². The normalized spacial score (nSPS) is 29.2. The van der Waals surface area contributed by atoms with Crippen LogP contribution in [0.3, 0.4) is 0 Å². The predicted molar refractivity (Wildman–Crippen MR) is 75.8 cm³/mol. The van der Waals surface area contributed by atoms with Crippen LogP contribution in [-0.4, -0.2) is 50.3 Å². The number of hydrogen-bond acceptors (Lipinski definition) is 3. The van der Waals surface area contributed by atoms with E-state index in [1.54, 1.807) is 0 Å². The van der Waals surface area contributed by atoms with Crippen LogP contribution >= 0.6 is 0 Å². The van der Waals surface area contributed by atoms with Crippen molar-refractivity contribution >= 4 is 0 Å². The lowest BCUT2D eigenvalue weighted by Gasteiger charge is -2.35. The van der Waals surface area contributed by atoms with E-state index in [4.69, 9.17) is 4.74 Å². The topological polar surface area (TPSA) is 24.5 Å². The molecule has 0 spiro atoms. The third-order valence-electron chi connectivity index (χ3n) is 4.39. The number of nitrogens with zero attached hydrogens (tertiary/aromatic N) is 1. The van der Waals surface area contributed by atoms with E-state index in [0.717, 1.165) is 19.1 Å². The highest BCUT2D eigenvalue weighted by atomic mass is 16.5. The van der Waals surface area contributed by atoms with Gasteiger partial charge in [-0.15, -0.1) is 0 Å². The van der Waals surface area contributed by atoms with Gasteiger partial charge < -0.3 is 15.0 Å². The van der Waals surface area contributed by atoms with Crippen LogP contribution in [0, 0.1) is 11.3 Å². The molecule has 0 aromatic heterocycles. The molecule has 3 heteroatoms. The van der Waals surface area contributed by atoms with E-state index in [1.807, 2.05) is 0 Å². The fraction of sp³-hybridized carbons (Fsp3) is 1.00. The summed E-state index contributed by atoms with van der Waals surface area (Å²) in [6, 6.07) is 0.625. The van der Waals surface area contributed by atoms with Gasteiger partial charge in [0, 0.05) is 32.3 Å². The molecule has 2 aliphatic heterocycles. The number of nitrogens with one attached hydrogen (secondary N) is 1. The number of hydrogen-bond donors (Lipinski definition) is 1. The van der Waals surface area contributed by atoms with Crippen molar-refractivity contribution in [2.24, 2.45) is 11.3 Å². The molecule has 1 unspecified atom stereocenters. The van der Waals surface area contributed by atoms with Crippen molar-refractivity contribution in [3.8, 4) is 0 Å². The first kappa shape index (κ1) is 14.3. The van der Waals surface area contributed by atoms with Crippen molar-refractivity contribution in [1.29, 1.82) is 0 Å². The summed E-state index contributed by atoms with van der Waals surface area (Å²) in [7, 11) is 0. The maximum absolute atomic E-state index is 5.46. The Morgan fingerprint density at radius 3 is 2.61 bits per heavy atom. The van der Waals surface area contributed by atoms with Crippen LogP contribution in [0.15, 0.2) is 0 Å². The van der Waals surface area contributed by atoms with Crippen molar-refractivity contribution in [1.82, 2.24) is 10.2 Å². The van der Waals surface area contributed by atoms with E-state index in [9.17, 15) is 0 Å². The maximum Gasteiger partial charge on any atom is 0.0469 e. The Morgan fingerprint density at radius 2 is 1.94 bits per heavy atom. The molecule has 0 bridgehead atoms. The molecule has 0 amide bonds. The third kappa shape index (κ3) is 4.22. The molecule has 0 saturated carbocycles. The highest BCUT2D eigenvalue weighted by Crippen LogP contribution is 2.23. The van der Waals surface area contributed by atoms with Gasteiger partial charge in [-0.1, -0.05) is 20.8 Å². The highest BCUT2D eigenvalue weighted by Gasteiger charge is 2.29. The van der Waals surface area contributed by atoms with Gasteiger partial charge in [0.2, 0.25) is 0 Å². The van der Waals surface area contributed by atoms with Crippen LogP contribution in [-0.2, 0) is 4.74 Å². The monoisotopic (exact) mass is 254 g/mol. The van der Waals surface area contributed by atoms with E-state index in [1.165, 1.54) is 45.4 Å². The summed E-state index contributed by atoms with van der Waals surface area (Å²) in [6.07, 6.45) is 3.80. The van der Waals surface area contributed by atoms with Crippen LogP contribution in [0.2, 0.25) is 0 Å². The molecule has 0 aromatic carbocycles. The Hall–Kier alpha value is -0.120. The molecular weight excluding hydrogens is 224 g/mol. The molecule has 0 radical (unpaired) electrons. The lowest BCUT2D eigenvalue weighted by Crippen LogP contribution is -2.47. The van der Waals surface area contributed by atoms with Crippen molar-refractivity contribution in [2.75, 3.05) is 39.4 Å². The van der Waals surface area contributed by atoms with E-state index in [2.05, 4.69) is 31.0 Å². The molecule has 2 heterocycles. The average Bonchev–Trinajstić information content (AvgIpc) is 2.55. The smallest absolute Gasteiger partial charge is 0.0469 e. The van der Waals surface area contributed by atoms with Crippen LogP contribution in [0.5, 0.6) is 0 Å². The predicted octanol–water partition coefficient (Wildman–Crippen LogP) is 2.12. The van der Waals surface area contributed by atoms with E-state index < -0.39 is 0 Å². The van der Waals surface area contributed by atoms with E-state index >= 15 is 0 Å². The zero-order valence-electron chi connectivity index (χ0n) is 12.4. The Bertz CT molecular complexity index is 243. The molecule has 2 rings (SSSR count). The first-order valence-electron chi connectivity index (χ1n) is 7.59. The second kappa shape index (κ2) is 6.36. The fourth-order valence-corrected chi connectivity index (χ4v) is 3.03. The summed E-state index contributed by atoms with van der Waals surface area (Å²) in [5.41, 5.74) is 0.359. The molecular formula is C15H30N2O. The van der Waals surface area contributed by atoms with Gasteiger partial charge in [0.05, 0.1) is 0 Å². The molecule has 106 valence electrons. The number of ether oxygens (including phenoxy) is 1. The molecule has 0 aromatic rings. The lowest BCUT2D eigenvalue weighted by molar-refractivity contribution is 0.0503. The molecule has 0 aliphatic carbocycles. The van der Waals surface area contributed by atoms with Gasteiger partial charge in [-0.2, -0.15) is 0 Å². The summed E-state index contributed by atoms with van der Waals surface area (Å²) in [6.45, 7) is 13.9. The zero-order valence-corrected chi connectivity index (χ0v) is 12.4. The van der Waals surface area contributed by atoms with Crippen molar-refractivity contribution in [3.63, 3.8) is 0 Å². The van der Waals surface area contributed by atoms with Gasteiger partial charge in [-0.3, -0.25) is 0 Å². The van der Waals surface area contributed by atoms with Gasteiger partial charge in [0.1, 0.15) is 0 Å². The van der Waals surface area contributed by atoms with Gasteiger partial charge in [-0.05, 0) is 43.7 Å². The van der Waals surface area contributed by atoms with Crippen LogP contribution in [0.1, 0.15) is 40.0 Å². The first-order chi connectivity index (χ1) is 8.55. The summed E-state index contributed by atoms with van der Waals surface area (Å²) in [5.74, 6) is 0.859. The van der Waals surface area contributed by atoms with E-state index in [0.29, 0.717) is 11.5 Å². The van der Waals surface area contributed by atoms with Crippen LogP contribution in [0.4, 0.5) is 0 Å². The average molecular weight is 254 g/mol. The summed E-state index contributed by atoms with van der Waals surface area (Å²) in [4.78, 5) is 2.69. The van der Waals surface area contributed by atoms with Gasteiger partial charge in [0.25, 0.3) is 0 Å². The standard InChI is InChI=1S/C15H30N2O/c1-15(2,3)14-12-17(8-4-7-16-14)11-13-5-9-18-10-6-13/h13-14,16H,4-12H2,1-3H3. The number of rotatable bonds is 2. The minimum absolute atomic E-state index is 0.359. The largest absolute Gasteiger partial charge is 0.381 e. The molecule has 2 aliphatic rings. The molecule has 1 N–H and O–H groups in total. The van der Waals surface area contributed by atoms with Crippen LogP contribution in [0.25, 0.3) is 0 Å². The van der Waals surface area contributed by atoms with E-state index in [-0.39, 0.29) is 0 Å². The molecule has 2 fully saturated rings. The van der Waals surface area contributed by atoms with Gasteiger partial charge >= 0.3 is 0 Å². The third-order valence-corrected chi connectivity index (χ3v) is 4.39. The second-order valence-electron chi connectivity index (χ2n) is 7.04. The Balaban J connectivity index is 1.86. The zero-order chi connectivity index (χ0) is 13.0. The lowest BCUT2D eigenvalue weighted by atomic mass is 9.86. The Morgan fingerprint density at radius 1 is 1.22 bits per heavy atom. The summed E-state index contributed by atoms with van der Waals surface area (Å²) < 4.78 is 5.46. The van der Waals surface area contributed by atoms with Crippen molar-refractivity contribution < 1.29 is 4.74 Å². The maximum atomic E-state index is 5.46.